The van der Waals surface area contributed by atoms with Gasteiger partial charge in [-0.2, -0.15) is 0 Å². The van der Waals surface area contributed by atoms with Gasteiger partial charge in [0.1, 0.15) is 5.82 Å². The Morgan fingerprint density at radius 1 is 1.27 bits per heavy atom. The molecule has 6 heteroatoms. The highest BCUT2D eigenvalue weighted by Gasteiger charge is 2.15. The highest BCUT2D eigenvalue weighted by atomic mass is 19.1. The third-order valence-corrected chi connectivity index (χ3v) is 4.56. The van der Waals surface area contributed by atoms with Crippen molar-refractivity contribution in [3.8, 4) is 5.88 Å². The number of rotatable bonds is 5. The van der Waals surface area contributed by atoms with Crippen LogP contribution in [0.5, 0.6) is 5.88 Å². The molecular formula is C20H20FN3O2. The first kappa shape index (κ1) is 16.6. The van der Waals surface area contributed by atoms with Crippen molar-refractivity contribution in [2.75, 3.05) is 18.5 Å². The summed E-state index contributed by atoms with van der Waals surface area (Å²) in [5.41, 5.74) is 2.61. The van der Waals surface area contributed by atoms with Gasteiger partial charge in [0.05, 0.1) is 22.9 Å². The molecule has 1 aromatic heterocycles. The maximum absolute atomic E-state index is 14.0. The lowest BCUT2D eigenvalue weighted by Crippen LogP contribution is -2.18. The first-order valence-corrected chi connectivity index (χ1v) is 8.69. The van der Waals surface area contributed by atoms with Gasteiger partial charge in [0.25, 0.3) is 0 Å². The Morgan fingerprint density at radius 2 is 2.12 bits per heavy atom. The summed E-state index contributed by atoms with van der Waals surface area (Å²) in [5, 5.41) is 13.7. The number of benzene rings is 2. The second-order valence-electron chi connectivity index (χ2n) is 6.37. The largest absolute Gasteiger partial charge is 0.494 e. The van der Waals surface area contributed by atoms with E-state index in [1.165, 1.54) is 12.3 Å². The number of hydrogen-bond acceptors (Lipinski definition) is 4. The molecule has 0 spiro atoms. The number of halogens is 1. The van der Waals surface area contributed by atoms with E-state index >= 15 is 0 Å². The van der Waals surface area contributed by atoms with Gasteiger partial charge in [-0.3, -0.25) is 4.99 Å². The monoisotopic (exact) mass is 353 g/mol. The molecule has 3 N–H and O–H groups in total. The fourth-order valence-electron chi connectivity index (χ4n) is 3.18. The Hall–Kier alpha value is -2.86. The number of fused-ring (bicyclic) bond motifs is 1. The van der Waals surface area contributed by atoms with Crippen molar-refractivity contribution in [2.45, 2.75) is 18.9 Å². The predicted octanol–water partition coefficient (Wildman–Crippen LogP) is 4.35. The van der Waals surface area contributed by atoms with Gasteiger partial charge in [-0.25, -0.2) is 4.39 Å². The summed E-state index contributed by atoms with van der Waals surface area (Å²) in [5.74, 6) is -0.488. The number of H-pyrrole nitrogens is 1. The molecule has 0 radical (unpaired) electrons. The summed E-state index contributed by atoms with van der Waals surface area (Å²) in [7, 11) is 0. The molecule has 0 bridgehead atoms. The summed E-state index contributed by atoms with van der Waals surface area (Å²) < 4.78 is 19.6. The van der Waals surface area contributed by atoms with E-state index in [2.05, 4.69) is 15.3 Å². The standard InChI is InChI=1S/C20H20FN3O2/c21-17-4-1-5-18-19(17)16(20(25)24-18)12-23-14-8-6-13(7-9-14)22-11-15-3-2-10-26-15/h1,4-9,12,15,22,24-25H,2-3,10-11H2. The topological polar surface area (TPSA) is 69.6 Å². The molecule has 0 aliphatic carbocycles. The number of anilines is 1. The van der Waals surface area contributed by atoms with E-state index in [4.69, 9.17) is 4.74 Å². The third-order valence-electron chi connectivity index (χ3n) is 4.56. The number of aromatic amines is 1. The maximum Gasteiger partial charge on any atom is 0.198 e. The van der Waals surface area contributed by atoms with E-state index in [0.29, 0.717) is 16.5 Å². The number of hydrogen-bond donors (Lipinski definition) is 3. The summed E-state index contributed by atoms with van der Waals surface area (Å²) >= 11 is 0. The normalized spacial score (nSPS) is 17.3. The first-order chi connectivity index (χ1) is 12.7. The maximum atomic E-state index is 14.0. The zero-order valence-electron chi connectivity index (χ0n) is 14.2. The smallest absolute Gasteiger partial charge is 0.198 e. The van der Waals surface area contributed by atoms with Crippen LogP contribution in [0.15, 0.2) is 47.5 Å². The molecule has 0 amide bonds. The molecule has 26 heavy (non-hydrogen) atoms. The van der Waals surface area contributed by atoms with Crippen LogP contribution < -0.4 is 5.32 Å². The van der Waals surface area contributed by atoms with Gasteiger partial charge in [-0.1, -0.05) is 6.07 Å². The molecule has 1 saturated heterocycles. The molecular weight excluding hydrogens is 333 g/mol. The Balaban J connectivity index is 1.48. The Labute approximate surface area is 150 Å². The molecule has 1 aliphatic heterocycles. The lowest BCUT2D eigenvalue weighted by molar-refractivity contribution is 0.120. The number of nitrogens with zero attached hydrogens (tertiary/aromatic N) is 1. The SMILES string of the molecule is Oc1[nH]c2cccc(F)c2c1C=Nc1ccc(NCC2CCCO2)cc1. The molecule has 1 aliphatic rings. The lowest BCUT2D eigenvalue weighted by Gasteiger charge is -2.11. The molecule has 134 valence electrons. The second kappa shape index (κ2) is 7.17. The Morgan fingerprint density at radius 3 is 2.88 bits per heavy atom. The highest BCUT2D eigenvalue weighted by Crippen LogP contribution is 2.28. The number of aliphatic imine (C=N–C) groups is 1. The van der Waals surface area contributed by atoms with Crippen molar-refractivity contribution in [3.05, 3.63) is 53.8 Å². The molecule has 1 unspecified atom stereocenters. The van der Waals surface area contributed by atoms with E-state index in [0.717, 1.165) is 37.4 Å². The van der Waals surface area contributed by atoms with Crippen LogP contribution >= 0.6 is 0 Å². The van der Waals surface area contributed by atoms with Crippen LogP contribution in [0.3, 0.4) is 0 Å². The number of ether oxygens (including phenoxy) is 1. The molecule has 0 saturated carbocycles. The highest BCUT2D eigenvalue weighted by molar-refractivity contribution is 6.02. The molecule has 1 fully saturated rings. The number of aromatic nitrogens is 1. The third kappa shape index (κ3) is 3.41. The van der Waals surface area contributed by atoms with Gasteiger partial charge >= 0.3 is 0 Å². The van der Waals surface area contributed by atoms with E-state index < -0.39 is 5.82 Å². The van der Waals surface area contributed by atoms with Gasteiger partial charge in [0.2, 0.25) is 0 Å². The van der Waals surface area contributed by atoms with Crippen molar-refractivity contribution in [1.82, 2.24) is 4.98 Å². The van der Waals surface area contributed by atoms with E-state index in [1.807, 2.05) is 24.3 Å². The fraction of sp³-hybridized carbons (Fsp3) is 0.250. The Bertz CT molecular complexity index is 928. The molecule has 3 aromatic rings. The molecule has 2 heterocycles. The van der Waals surface area contributed by atoms with Gasteiger partial charge in [-0.15, -0.1) is 0 Å². The summed E-state index contributed by atoms with van der Waals surface area (Å²) in [6, 6.07) is 12.3. The van der Waals surface area contributed by atoms with Gasteiger partial charge in [-0.05, 0) is 49.2 Å². The minimum atomic E-state index is -0.394. The van der Waals surface area contributed by atoms with Crippen LogP contribution in [0, 0.1) is 5.82 Å². The van der Waals surface area contributed by atoms with Gasteiger partial charge < -0.3 is 20.1 Å². The number of aromatic hydroxyl groups is 1. The van der Waals surface area contributed by atoms with E-state index in [9.17, 15) is 9.50 Å². The van der Waals surface area contributed by atoms with Crippen molar-refractivity contribution < 1.29 is 14.2 Å². The summed E-state index contributed by atoms with van der Waals surface area (Å²) in [4.78, 5) is 7.11. The summed E-state index contributed by atoms with van der Waals surface area (Å²) in [6.07, 6.45) is 3.99. The van der Waals surface area contributed by atoms with Crippen LogP contribution in [-0.2, 0) is 4.74 Å². The van der Waals surface area contributed by atoms with Crippen LogP contribution in [0.25, 0.3) is 10.9 Å². The zero-order valence-corrected chi connectivity index (χ0v) is 14.2. The van der Waals surface area contributed by atoms with Crippen LogP contribution in [0.4, 0.5) is 15.8 Å². The second-order valence-corrected chi connectivity index (χ2v) is 6.37. The molecule has 2 aromatic carbocycles. The minimum absolute atomic E-state index is 0.0938. The van der Waals surface area contributed by atoms with Crippen molar-refractivity contribution in [1.29, 1.82) is 0 Å². The minimum Gasteiger partial charge on any atom is -0.494 e. The quantitative estimate of drug-likeness (QED) is 0.597. The summed E-state index contributed by atoms with van der Waals surface area (Å²) in [6.45, 7) is 1.65. The van der Waals surface area contributed by atoms with Crippen LogP contribution in [-0.4, -0.2) is 35.6 Å². The van der Waals surface area contributed by atoms with Crippen LogP contribution in [0.1, 0.15) is 18.4 Å². The fourth-order valence-corrected chi connectivity index (χ4v) is 3.18. The average molecular weight is 353 g/mol. The van der Waals surface area contributed by atoms with Gasteiger partial charge in [0, 0.05) is 30.4 Å². The lowest BCUT2D eigenvalue weighted by atomic mass is 10.1. The average Bonchev–Trinajstić information content (AvgIpc) is 3.27. The molecule has 4 rings (SSSR count). The van der Waals surface area contributed by atoms with E-state index in [-0.39, 0.29) is 12.0 Å². The van der Waals surface area contributed by atoms with Crippen molar-refractivity contribution in [2.24, 2.45) is 4.99 Å². The predicted molar refractivity (Wildman–Crippen MR) is 101 cm³/mol. The molecule has 5 nitrogen and oxygen atoms in total. The first-order valence-electron chi connectivity index (χ1n) is 8.69. The molecule has 1 atom stereocenters. The number of nitrogens with one attached hydrogen (secondary N) is 2. The zero-order chi connectivity index (χ0) is 17.9. The van der Waals surface area contributed by atoms with E-state index in [1.54, 1.807) is 12.1 Å². The van der Waals surface area contributed by atoms with Crippen molar-refractivity contribution >= 4 is 28.5 Å². The van der Waals surface area contributed by atoms with Crippen molar-refractivity contribution in [3.63, 3.8) is 0 Å². The van der Waals surface area contributed by atoms with Crippen LogP contribution in [0.2, 0.25) is 0 Å². The van der Waals surface area contributed by atoms with Gasteiger partial charge in [0.15, 0.2) is 5.88 Å². The Kier molecular flexibility index (Phi) is 4.58.